The average molecular weight is 817 g/mol. The third kappa shape index (κ3) is 4.65. The number of hydrogen-bond donors (Lipinski definition) is 0. The molecule has 4 aliphatic carbocycles. The van der Waals surface area contributed by atoms with Gasteiger partial charge in [0.15, 0.2) is 0 Å². The normalized spacial score (nSPS) is 15.0. The molecular formula is C62H44N2. The zero-order valence-electron chi connectivity index (χ0n) is 36.4. The van der Waals surface area contributed by atoms with Gasteiger partial charge in [0.05, 0.1) is 22.3 Å². The van der Waals surface area contributed by atoms with Crippen molar-refractivity contribution in [1.29, 1.82) is 0 Å². The first-order valence-corrected chi connectivity index (χ1v) is 22.4. The molecule has 13 rings (SSSR count). The fraction of sp³-hybridized carbons (Fsp3) is 0.0968. The van der Waals surface area contributed by atoms with Gasteiger partial charge in [0.2, 0.25) is 0 Å². The minimum atomic E-state index is -0.418. The molecule has 0 heterocycles. The fourth-order valence-electron chi connectivity index (χ4n) is 12.4. The van der Waals surface area contributed by atoms with Gasteiger partial charge in [0.1, 0.15) is 0 Å². The lowest BCUT2D eigenvalue weighted by atomic mass is 9.70. The van der Waals surface area contributed by atoms with Crippen LogP contribution < -0.4 is 0 Å². The van der Waals surface area contributed by atoms with E-state index in [0.29, 0.717) is 0 Å². The average Bonchev–Trinajstić information content (AvgIpc) is 4.01. The number of fused-ring (bicyclic) bond motifs is 20. The van der Waals surface area contributed by atoms with Gasteiger partial charge in [-0.1, -0.05) is 193 Å². The molecule has 0 radical (unpaired) electrons. The van der Waals surface area contributed by atoms with Crippen LogP contribution in [0.15, 0.2) is 204 Å². The molecule has 0 N–H and O–H groups in total. The zero-order chi connectivity index (χ0) is 42.9. The van der Waals surface area contributed by atoms with E-state index >= 15 is 0 Å². The lowest BCUT2D eigenvalue weighted by molar-refractivity contribution is 0.791. The standard InChI is InChI=1S/C62H44N2/c1-37-21-29-47-48-30-22-38(2)34-56(48)62(55(47)33-37)54-20-12-8-16-46(54)50-32-28-42(36-58(50)62)60(64-4)40-25-23-39(24-26-40)59(63-3)41-27-31-49-45-15-7-11-19-53(45)61(57(49)35-41)51-17-9-5-13-43(51)44-14-6-10-18-52(44)61/h5-36H,1-4H3/b63-59+,64-60+. The van der Waals surface area contributed by atoms with Crippen molar-refractivity contribution >= 4 is 11.4 Å². The molecule has 0 bridgehead atoms. The molecule has 0 amide bonds. The minimum absolute atomic E-state index is 0.402. The van der Waals surface area contributed by atoms with E-state index in [1.165, 1.54) is 100 Å². The van der Waals surface area contributed by atoms with Gasteiger partial charge in [-0.15, -0.1) is 0 Å². The summed E-state index contributed by atoms with van der Waals surface area (Å²) in [6, 6.07) is 73.0. The molecule has 0 unspecified atom stereocenters. The summed E-state index contributed by atoms with van der Waals surface area (Å²) in [4.78, 5) is 10.0. The zero-order valence-corrected chi connectivity index (χ0v) is 36.4. The molecule has 0 atom stereocenters. The number of nitrogens with zero attached hydrogens (tertiary/aromatic N) is 2. The second-order valence-corrected chi connectivity index (χ2v) is 18.0. The van der Waals surface area contributed by atoms with Crippen molar-refractivity contribution in [2.45, 2.75) is 24.7 Å². The number of rotatable bonds is 4. The lowest BCUT2D eigenvalue weighted by Gasteiger charge is -2.31. The summed E-state index contributed by atoms with van der Waals surface area (Å²) in [5.41, 5.74) is 29.2. The Labute approximate surface area is 375 Å². The van der Waals surface area contributed by atoms with Crippen LogP contribution in [0.25, 0.3) is 44.5 Å². The Morgan fingerprint density at radius 2 is 0.547 bits per heavy atom. The van der Waals surface area contributed by atoms with E-state index in [1.54, 1.807) is 0 Å². The van der Waals surface area contributed by atoms with Gasteiger partial charge in [-0.2, -0.15) is 0 Å². The molecule has 4 aliphatic rings. The van der Waals surface area contributed by atoms with E-state index in [-0.39, 0.29) is 0 Å². The first-order chi connectivity index (χ1) is 31.5. The number of benzene rings is 9. The highest BCUT2D eigenvalue weighted by Crippen LogP contribution is 2.64. The molecule has 2 heteroatoms. The Kier molecular flexibility index (Phi) is 7.74. The van der Waals surface area contributed by atoms with Crippen molar-refractivity contribution in [2.24, 2.45) is 9.98 Å². The van der Waals surface area contributed by atoms with Crippen molar-refractivity contribution in [3.8, 4) is 44.5 Å². The molecule has 2 nitrogen and oxygen atoms in total. The Balaban J connectivity index is 0.909. The molecule has 9 aromatic rings. The van der Waals surface area contributed by atoms with Crippen LogP contribution in [-0.2, 0) is 10.8 Å². The van der Waals surface area contributed by atoms with Crippen LogP contribution >= 0.6 is 0 Å². The molecule has 0 aliphatic heterocycles. The van der Waals surface area contributed by atoms with Crippen LogP contribution in [-0.4, -0.2) is 25.5 Å². The summed E-state index contributed by atoms with van der Waals surface area (Å²) < 4.78 is 0. The largest absolute Gasteiger partial charge is 0.287 e. The Morgan fingerprint density at radius 1 is 0.281 bits per heavy atom. The van der Waals surface area contributed by atoms with E-state index in [2.05, 4.69) is 208 Å². The summed E-state index contributed by atoms with van der Waals surface area (Å²) in [6.45, 7) is 4.43. The molecule has 302 valence electrons. The first-order valence-electron chi connectivity index (χ1n) is 22.4. The Bertz CT molecular complexity index is 3430. The minimum Gasteiger partial charge on any atom is -0.287 e. The first kappa shape index (κ1) is 36.9. The van der Waals surface area contributed by atoms with E-state index in [1.807, 2.05) is 14.1 Å². The molecule has 0 saturated heterocycles. The Morgan fingerprint density at radius 3 is 0.891 bits per heavy atom. The van der Waals surface area contributed by atoms with Gasteiger partial charge in [0, 0.05) is 36.3 Å². The molecule has 0 fully saturated rings. The van der Waals surface area contributed by atoms with E-state index in [0.717, 1.165) is 33.7 Å². The van der Waals surface area contributed by atoms with Crippen molar-refractivity contribution in [3.05, 3.63) is 272 Å². The monoisotopic (exact) mass is 816 g/mol. The van der Waals surface area contributed by atoms with Gasteiger partial charge >= 0.3 is 0 Å². The summed E-state index contributed by atoms with van der Waals surface area (Å²) in [5.74, 6) is 0. The second-order valence-electron chi connectivity index (χ2n) is 18.0. The van der Waals surface area contributed by atoms with Crippen molar-refractivity contribution < 1.29 is 0 Å². The predicted molar refractivity (Wildman–Crippen MR) is 265 cm³/mol. The van der Waals surface area contributed by atoms with Crippen LogP contribution in [0.3, 0.4) is 0 Å². The Hall–Kier alpha value is -7.68. The quantitative estimate of drug-likeness (QED) is 0.158. The van der Waals surface area contributed by atoms with Gasteiger partial charge in [0.25, 0.3) is 0 Å². The summed E-state index contributed by atoms with van der Waals surface area (Å²) in [6.07, 6.45) is 0. The number of hydrogen-bond acceptors (Lipinski definition) is 2. The summed E-state index contributed by atoms with van der Waals surface area (Å²) in [5, 5.41) is 0. The third-order valence-electron chi connectivity index (χ3n) is 14.9. The van der Waals surface area contributed by atoms with Gasteiger partial charge < -0.3 is 0 Å². The highest BCUT2D eigenvalue weighted by Gasteiger charge is 2.53. The van der Waals surface area contributed by atoms with Crippen LogP contribution in [0.5, 0.6) is 0 Å². The maximum Gasteiger partial charge on any atom is 0.0725 e. The molecule has 64 heavy (non-hydrogen) atoms. The van der Waals surface area contributed by atoms with E-state index in [4.69, 9.17) is 9.98 Å². The smallest absolute Gasteiger partial charge is 0.0725 e. The van der Waals surface area contributed by atoms with Crippen molar-refractivity contribution in [3.63, 3.8) is 0 Å². The highest BCUT2D eigenvalue weighted by atomic mass is 14.7. The topological polar surface area (TPSA) is 24.7 Å². The highest BCUT2D eigenvalue weighted by molar-refractivity contribution is 6.16. The van der Waals surface area contributed by atoms with Crippen LogP contribution in [0, 0.1) is 13.8 Å². The maximum atomic E-state index is 5.01. The van der Waals surface area contributed by atoms with Crippen LogP contribution in [0.4, 0.5) is 0 Å². The lowest BCUT2D eigenvalue weighted by Crippen LogP contribution is -2.26. The SMILES string of the molecule is C/N=C(\c1ccc(/C(=N\C)c2ccc3c(c2)C2(c4ccccc4-3)c3cc(C)ccc3-c3ccc(C)cc32)cc1)c1ccc2c(c1)C1(c3ccccc3-c3ccccc31)c1ccccc1-2. The molecular weight excluding hydrogens is 773 g/mol. The van der Waals surface area contributed by atoms with Gasteiger partial charge in [-0.3, -0.25) is 9.98 Å². The van der Waals surface area contributed by atoms with Crippen LogP contribution in [0.2, 0.25) is 0 Å². The predicted octanol–water partition coefficient (Wildman–Crippen LogP) is 13.9. The number of aryl methyl sites for hydroxylation is 2. The summed E-state index contributed by atoms with van der Waals surface area (Å²) in [7, 11) is 3.84. The number of aliphatic imine (C=N–C) groups is 2. The van der Waals surface area contributed by atoms with E-state index < -0.39 is 10.8 Å². The fourth-order valence-corrected chi connectivity index (χ4v) is 12.4. The summed E-state index contributed by atoms with van der Waals surface area (Å²) >= 11 is 0. The molecule has 2 spiro atoms. The second kappa shape index (κ2) is 13.4. The van der Waals surface area contributed by atoms with Crippen LogP contribution in [0.1, 0.15) is 77.9 Å². The van der Waals surface area contributed by atoms with Crippen molar-refractivity contribution in [1.82, 2.24) is 0 Å². The molecule has 9 aromatic carbocycles. The van der Waals surface area contributed by atoms with Gasteiger partial charge in [-0.05, 0) is 115 Å². The van der Waals surface area contributed by atoms with Gasteiger partial charge in [-0.25, -0.2) is 0 Å². The maximum absolute atomic E-state index is 5.01. The molecule has 0 saturated carbocycles. The third-order valence-corrected chi connectivity index (χ3v) is 14.9. The van der Waals surface area contributed by atoms with Crippen molar-refractivity contribution in [2.75, 3.05) is 14.1 Å². The molecule has 0 aromatic heterocycles. The van der Waals surface area contributed by atoms with E-state index in [9.17, 15) is 0 Å².